The van der Waals surface area contributed by atoms with E-state index in [-0.39, 0.29) is 22.8 Å². The number of hydrogen-bond donors (Lipinski definition) is 3. The fourth-order valence-corrected chi connectivity index (χ4v) is 3.69. The number of halogens is 1. The average Bonchev–Trinajstić information content (AvgIpc) is 2.70. The van der Waals surface area contributed by atoms with Crippen molar-refractivity contribution in [3.63, 3.8) is 0 Å². The molecule has 1 amide bonds. The molecule has 0 radical (unpaired) electrons. The van der Waals surface area contributed by atoms with Gasteiger partial charge < -0.3 is 10.4 Å². The first kappa shape index (κ1) is 20.5. The molecule has 0 aliphatic carbocycles. The van der Waals surface area contributed by atoms with Crippen molar-refractivity contribution < 1.29 is 22.7 Å². The van der Waals surface area contributed by atoms with Gasteiger partial charge in [0.15, 0.2) is 0 Å². The Balaban J connectivity index is 1.79. The molecular weight excluding hydrogens is 395 g/mol. The molecule has 0 spiro atoms. The molecule has 0 saturated heterocycles. The van der Waals surface area contributed by atoms with Crippen LogP contribution in [0.1, 0.15) is 21.5 Å². The van der Waals surface area contributed by atoms with Crippen LogP contribution in [0.2, 0.25) is 0 Å². The molecule has 0 unspecified atom stereocenters. The van der Waals surface area contributed by atoms with E-state index < -0.39 is 21.7 Å². The van der Waals surface area contributed by atoms with Gasteiger partial charge in [-0.1, -0.05) is 24.3 Å². The second-order valence-electron chi connectivity index (χ2n) is 6.41. The summed E-state index contributed by atoms with van der Waals surface area (Å²) in [6, 6.07) is 16.3. The van der Waals surface area contributed by atoms with Gasteiger partial charge in [0, 0.05) is 16.9 Å². The quantitative estimate of drug-likeness (QED) is 0.573. The maximum absolute atomic E-state index is 13.7. The van der Waals surface area contributed by atoms with E-state index in [1.54, 1.807) is 24.3 Å². The number of rotatable bonds is 6. The molecule has 8 heteroatoms. The van der Waals surface area contributed by atoms with E-state index in [9.17, 15) is 22.7 Å². The van der Waals surface area contributed by atoms with Crippen LogP contribution in [0.15, 0.2) is 71.6 Å². The van der Waals surface area contributed by atoms with Crippen LogP contribution >= 0.6 is 0 Å². The third-order valence-corrected chi connectivity index (χ3v) is 5.58. The van der Waals surface area contributed by atoms with E-state index in [1.807, 2.05) is 0 Å². The molecule has 0 atom stereocenters. The lowest BCUT2D eigenvalue weighted by Crippen LogP contribution is -2.15. The Kier molecular flexibility index (Phi) is 5.95. The van der Waals surface area contributed by atoms with E-state index >= 15 is 0 Å². The predicted molar refractivity (Wildman–Crippen MR) is 109 cm³/mol. The van der Waals surface area contributed by atoms with Gasteiger partial charge in [0.1, 0.15) is 5.82 Å². The summed E-state index contributed by atoms with van der Waals surface area (Å²) in [6.45, 7) is 1.39. The van der Waals surface area contributed by atoms with Crippen molar-refractivity contribution in [3.8, 4) is 0 Å². The smallest absolute Gasteiger partial charge is 0.261 e. The molecule has 6 nitrogen and oxygen atoms in total. The number of hydrogen-bond acceptors (Lipinski definition) is 4. The largest absolute Gasteiger partial charge is 0.392 e. The van der Waals surface area contributed by atoms with Crippen LogP contribution in [0, 0.1) is 12.7 Å². The zero-order valence-electron chi connectivity index (χ0n) is 15.5. The van der Waals surface area contributed by atoms with Gasteiger partial charge in [0.2, 0.25) is 0 Å². The lowest BCUT2D eigenvalue weighted by Gasteiger charge is -2.11. The van der Waals surface area contributed by atoms with E-state index in [0.29, 0.717) is 16.8 Å². The number of carbonyl (C=O) groups excluding carboxylic acids is 1. The maximum Gasteiger partial charge on any atom is 0.261 e. The molecule has 0 fully saturated rings. The van der Waals surface area contributed by atoms with Crippen LogP contribution in [0.5, 0.6) is 0 Å². The topological polar surface area (TPSA) is 95.5 Å². The van der Waals surface area contributed by atoms with Gasteiger partial charge in [-0.15, -0.1) is 0 Å². The number of anilines is 2. The molecule has 3 aromatic rings. The van der Waals surface area contributed by atoms with E-state index in [1.165, 1.54) is 43.3 Å². The van der Waals surface area contributed by atoms with Crippen molar-refractivity contribution >= 4 is 27.3 Å². The Hall–Kier alpha value is -3.23. The molecule has 3 aromatic carbocycles. The number of nitrogens with one attached hydrogen (secondary N) is 2. The summed E-state index contributed by atoms with van der Waals surface area (Å²) in [4.78, 5) is 12.3. The minimum Gasteiger partial charge on any atom is -0.392 e. The number of carbonyl (C=O) groups is 1. The molecule has 3 N–H and O–H groups in total. The molecule has 0 aromatic heterocycles. The van der Waals surface area contributed by atoms with Crippen molar-refractivity contribution in [2.24, 2.45) is 0 Å². The van der Waals surface area contributed by atoms with Crippen LogP contribution in [0.4, 0.5) is 15.8 Å². The maximum atomic E-state index is 13.7. The summed E-state index contributed by atoms with van der Waals surface area (Å²) in [5.41, 5.74) is 1.89. The highest BCUT2D eigenvalue weighted by molar-refractivity contribution is 7.92. The molecule has 150 valence electrons. The lowest BCUT2D eigenvalue weighted by molar-refractivity contribution is 0.102. The second-order valence-corrected chi connectivity index (χ2v) is 8.09. The fourth-order valence-electron chi connectivity index (χ4n) is 2.63. The SMILES string of the molecule is Cc1ccc(S(=O)(=O)Nc2cccc(C(=O)Nc3cccc(CO)c3)c2)cc1F. The summed E-state index contributed by atoms with van der Waals surface area (Å²) in [6.07, 6.45) is 0. The van der Waals surface area contributed by atoms with Crippen LogP contribution < -0.4 is 10.0 Å². The first-order chi connectivity index (χ1) is 13.8. The van der Waals surface area contributed by atoms with Crippen LogP contribution in [-0.2, 0) is 16.6 Å². The summed E-state index contributed by atoms with van der Waals surface area (Å²) >= 11 is 0. The molecular formula is C21H19FN2O4S. The first-order valence-corrected chi connectivity index (χ1v) is 10.2. The van der Waals surface area contributed by atoms with Crippen molar-refractivity contribution in [3.05, 3.63) is 89.2 Å². The van der Waals surface area contributed by atoms with E-state index in [0.717, 1.165) is 6.07 Å². The Morgan fingerprint density at radius 2 is 1.72 bits per heavy atom. The normalized spacial score (nSPS) is 11.1. The third-order valence-electron chi connectivity index (χ3n) is 4.20. The Bertz CT molecular complexity index is 1160. The van der Waals surface area contributed by atoms with Gasteiger partial charge >= 0.3 is 0 Å². The number of aliphatic hydroxyl groups excluding tert-OH is 1. The average molecular weight is 414 g/mol. The molecule has 3 rings (SSSR count). The van der Waals surface area contributed by atoms with Crippen molar-refractivity contribution in [2.75, 3.05) is 10.0 Å². The van der Waals surface area contributed by atoms with Gasteiger partial charge in [0.25, 0.3) is 15.9 Å². The molecule has 0 aliphatic heterocycles. The highest BCUT2D eigenvalue weighted by atomic mass is 32.2. The van der Waals surface area contributed by atoms with E-state index in [4.69, 9.17) is 0 Å². The first-order valence-electron chi connectivity index (χ1n) is 8.69. The number of aryl methyl sites for hydroxylation is 1. The lowest BCUT2D eigenvalue weighted by atomic mass is 10.1. The van der Waals surface area contributed by atoms with Crippen LogP contribution in [-0.4, -0.2) is 19.4 Å². The Labute approximate surface area is 168 Å². The second kappa shape index (κ2) is 8.42. The zero-order valence-corrected chi connectivity index (χ0v) is 16.3. The molecule has 0 aliphatic rings. The monoisotopic (exact) mass is 414 g/mol. The number of benzene rings is 3. The molecule has 29 heavy (non-hydrogen) atoms. The number of sulfonamides is 1. The van der Waals surface area contributed by atoms with Gasteiger partial charge in [0.05, 0.1) is 11.5 Å². The van der Waals surface area contributed by atoms with Crippen molar-refractivity contribution in [1.29, 1.82) is 0 Å². The van der Waals surface area contributed by atoms with Crippen molar-refractivity contribution in [2.45, 2.75) is 18.4 Å². The summed E-state index contributed by atoms with van der Waals surface area (Å²) in [7, 11) is -4.01. The molecule has 0 heterocycles. The summed E-state index contributed by atoms with van der Waals surface area (Å²) in [5.74, 6) is -1.06. The highest BCUT2D eigenvalue weighted by Gasteiger charge is 2.17. The summed E-state index contributed by atoms with van der Waals surface area (Å²) in [5, 5.41) is 11.9. The third kappa shape index (κ3) is 4.98. The van der Waals surface area contributed by atoms with Gasteiger partial charge in [-0.25, -0.2) is 12.8 Å². The van der Waals surface area contributed by atoms with Gasteiger partial charge in [-0.3, -0.25) is 9.52 Å². The minimum absolute atomic E-state index is 0.152. The summed E-state index contributed by atoms with van der Waals surface area (Å²) < 4.78 is 41.1. The fraction of sp³-hybridized carbons (Fsp3) is 0.0952. The van der Waals surface area contributed by atoms with Crippen molar-refractivity contribution in [1.82, 2.24) is 0 Å². The van der Waals surface area contributed by atoms with Crippen LogP contribution in [0.25, 0.3) is 0 Å². The number of amides is 1. The van der Waals surface area contributed by atoms with Crippen LogP contribution in [0.3, 0.4) is 0 Å². The van der Waals surface area contributed by atoms with E-state index in [2.05, 4.69) is 10.0 Å². The Morgan fingerprint density at radius 1 is 1.00 bits per heavy atom. The number of aliphatic hydroxyl groups is 1. The molecule has 0 saturated carbocycles. The van der Waals surface area contributed by atoms with Gasteiger partial charge in [-0.05, 0) is 60.5 Å². The predicted octanol–water partition coefficient (Wildman–Crippen LogP) is 3.68. The minimum atomic E-state index is -4.01. The standard InChI is InChI=1S/C21H19FN2O4S/c1-14-8-9-19(12-20(14)22)29(27,28)24-18-7-3-5-16(11-18)21(26)23-17-6-2-4-15(10-17)13-25/h2-12,24-25H,13H2,1H3,(H,23,26). The highest BCUT2D eigenvalue weighted by Crippen LogP contribution is 2.20. The zero-order chi connectivity index (χ0) is 21.0. The molecule has 0 bridgehead atoms. The Morgan fingerprint density at radius 3 is 2.45 bits per heavy atom. The van der Waals surface area contributed by atoms with Gasteiger partial charge in [-0.2, -0.15) is 0 Å².